The molecule has 1 N–H and O–H groups in total. The lowest BCUT2D eigenvalue weighted by molar-refractivity contribution is -0.136. The van der Waals surface area contributed by atoms with E-state index in [-0.39, 0.29) is 17.1 Å². The minimum atomic E-state index is -3.93. The van der Waals surface area contributed by atoms with Crippen LogP contribution in [-0.4, -0.2) is 28.5 Å². The molecule has 0 atom stereocenters. The van der Waals surface area contributed by atoms with Gasteiger partial charge in [-0.15, -0.1) is 11.3 Å². The van der Waals surface area contributed by atoms with Gasteiger partial charge in [0.15, 0.2) is 0 Å². The van der Waals surface area contributed by atoms with Gasteiger partial charge in [-0.3, -0.25) is 4.79 Å². The average molecular weight is 553 g/mol. The summed E-state index contributed by atoms with van der Waals surface area (Å²) in [5, 5.41) is 10.2. The summed E-state index contributed by atoms with van der Waals surface area (Å²) in [6.45, 7) is 0.402. The highest BCUT2D eigenvalue weighted by molar-refractivity contribution is 7.92. The maximum atomic E-state index is 13.6. The first-order valence-corrected chi connectivity index (χ1v) is 13.9. The number of aromatic nitrogens is 2. The van der Waals surface area contributed by atoms with E-state index in [1.807, 2.05) is 36.4 Å². The molecule has 0 fully saturated rings. The molecule has 5 aromatic rings. The van der Waals surface area contributed by atoms with Crippen LogP contribution in [0.5, 0.6) is 5.88 Å². The second kappa shape index (κ2) is 10.4. The molecule has 2 aromatic carbocycles. The van der Waals surface area contributed by atoms with Crippen LogP contribution in [0.25, 0.3) is 21.3 Å². The van der Waals surface area contributed by atoms with Crippen LogP contribution in [0.3, 0.4) is 0 Å². The lowest BCUT2D eigenvalue weighted by Gasteiger charge is -2.06. The lowest BCUT2D eigenvalue weighted by Crippen LogP contribution is -2.10. The van der Waals surface area contributed by atoms with Crippen molar-refractivity contribution in [2.45, 2.75) is 23.7 Å². The van der Waals surface area contributed by atoms with Gasteiger partial charge in [-0.05, 0) is 53.9 Å². The van der Waals surface area contributed by atoms with Crippen LogP contribution in [0.1, 0.15) is 17.5 Å². The smallest absolute Gasteiger partial charge is 0.303 e. The number of aryl methyl sites for hydroxylation is 1. The number of carbonyl (C=O) groups is 1. The van der Waals surface area contributed by atoms with Gasteiger partial charge in [0.2, 0.25) is 5.88 Å². The zero-order chi connectivity index (χ0) is 26.0. The van der Waals surface area contributed by atoms with E-state index in [9.17, 15) is 13.2 Å². The van der Waals surface area contributed by atoms with Crippen molar-refractivity contribution in [2.24, 2.45) is 0 Å². The van der Waals surface area contributed by atoms with Gasteiger partial charge in [-0.2, -0.15) is 8.42 Å². The molecule has 0 aliphatic rings. The number of pyridine rings is 1. The summed E-state index contributed by atoms with van der Waals surface area (Å²) in [4.78, 5) is 16.2. The Hall–Kier alpha value is -3.66. The van der Waals surface area contributed by atoms with Crippen LogP contribution in [0.2, 0.25) is 5.02 Å². The molecule has 0 bridgehead atoms. The maximum Gasteiger partial charge on any atom is 0.303 e. The zero-order valence-electron chi connectivity index (χ0n) is 19.4. The number of ether oxygens (including phenoxy) is 1. The molecule has 0 spiro atoms. The first kappa shape index (κ1) is 25.0. The van der Waals surface area contributed by atoms with E-state index >= 15 is 0 Å². The summed E-state index contributed by atoms with van der Waals surface area (Å²) in [6, 6.07) is 21.6. The normalized spacial score (nSPS) is 11.6. The number of nitrogens with zero attached hydrogens (tertiary/aromatic N) is 2. The third-order valence-corrected chi connectivity index (χ3v) is 9.28. The fraction of sp³-hybridized carbons (Fsp3) is 0.111. The number of halogens is 1. The Morgan fingerprint density at radius 3 is 2.59 bits per heavy atom. The van der Waals surface area contributed by atoms with Gasteiger partial charge in [0.05, 0.1) is 5.52 Å². The number of aliphatic carboxylic acids is 1. The molecule has 0 unspecified atom stereocenters. The van der Waals surface area contributed by atoms with E-state index in [0.717, 1.165) is 27.3 Å². The summed E-state index contributed by atoms with van der Waals surface area (Å²) in [6.07, 6.45) is 3.21. The van der Waals surface area contributed by atoms with Gasteiger partial charge in [-0.25, -0.2) is 8.96 Å². The predicted molar refractivity (Wildman–Crippen MR) is 144 cm³/mol. The number of hydrogen-bond donors (Lipinski definition) is 1. The van der Waals surface area contributed by atoms with E-state index in [1.54, 1.807) is 42.6 Å². The van der Waals surface area contributed by atoms with Crippen LogP contribution in [0, 0.1) is 0 Å². The minimum absolute atomic E-state index is 0.118. The van der Waals surface area contributed by atoms with Crippen LogP contribution >= 0.6 is 22.9 Å². The summed E-state index contributed by atoms with van der Waals surface area (Å²) in [5.74, 6) is -0.484. The second-order valence-electron chi connectivity index (χ2n) is 8.29. The second-order valence-corrected chi connectivity index (χ2v) is 11.9. The molecule has 0 radical (unpaired) electrons. The molecule has 0 aliphatic heterocycles. The standard InChI is InChI=1S/C27H21ClN2O5S2/c28-21-8-9-23-22(14-21)20(7-12-26(31)32)16-30(23)37(33,34)27-13-10-24(36-27)19-6-11-25(29-15-19)35-17-18-4-2-1-3-5-18/h1-6,8-11,13-16H,7,12,17H2,(H,31,32). The number of carboxylic acids is 1. The van der Waals surface area contributed by atoms with Crippen molar-refractivity contribution in [1.82, 2.24) is 8.96 Å². The van der Waals surface area contributed by atoms with E-state index in [2.05, 4.69) is 4.98 Å². The Labute approximate surface area is 222 Å². The van der Waals surface area contributed by atoms with Crippen LogP contribution in [-0.2, 0) is 27.8 Å². The Balaban J connectivity index is 1.40. The molecule has 0 aliphatic carbocycles. The molecular weight excluding hydrogens is 532 g/mol. The monoisotopic (exact) mass is 552 g/mol. The van der Waals surface area contributed by atoms with E-state index in [4.69, 9.17) is 21.4 Å². The number of hydrogen-bond acceptors (Lipinski definition) is 6. The van der Waals surface area contributed by atoms with Crippen molar-refractivity contribution in [1.29, 1.82) is 0 Å². The van der Waals surface area contributed by atoms with E-state index in [1.165, 1.54) is 10.2 Å². The van der Waals surface area contributed by atoms with Crippen LogP contribution < -0.4 is 4.74 Å². The molecule has 3 aromatic heterocycles. The summed E-state index contributed by atoms with van der Waals surface area (Å²) in [7, 11) is -3.93. The Morgan fingerprint density at radius 2 is 1.86 bits per heavy atom. The Morgan fingerprint density at radius 1 is 1.05 bits per heavy atom. The first-order chi connectivity index (χ1) is 17.8. The van der Waals surface area contributed by atoms with Crippen molar-refractivity contribution >= 4 is 49.8 Å². The van der Waals surface area contributed by atoms with E-state index in [0.29, 0.717) is 34.0 Å². The van der Waals surface area contributed by atoms with Crippen LogP contribution in [0.15, 0.2) is 89.4 Å². The molecule has 0 saturated heterocycles. The minimum Gasteiger partial charge on any atom is -0.481 e. The molecule has 188 valence electrons. The quantitative estimate of drug-likeness (QED) is 0.232. The lowest BCUT2D eigenvalue weighted by atomic mass is 10.1. The van der Waals surface area contributed by atoms with Gasteiger partial charge in [0, 0.05) is 45.7 Å². The van der Waals surface area contributed by atoms with Gasteiger partial charge in [-0.1, -0.05) is 41.9 Å². The summed E-state index contributed by atoms with van der Waals surface area (Å²) >= 11 is 7.27. The fourth-order valence-corrected chi connectivity index (χ4v) is 6.88. The zero-order valence-corrected chi connectivity index (χ0v) is 21.8. The highest BCUT2D eigenvalue weighted by Crippen LogP contribution is 2.35. The molecule has 5 rings (SSSR count). The van der Waals surface area contributed by atoms with Crippen molar-refractivity contribution in [2.75, 3.05) is 0 Å². The molecule has 3 heterocycles. The molecule has 0 saturated carbocycles. The molecule has 10 heteroatoms. The number of fused-ring (bicyclic) bond motifs is 1. The average Bonchev–Trinajstić information content (AvgIpc) is 3.53. The largest absolute Gasteiger partial charge is 0.481 e. The number of carboxylic acid groups (broad SMARTS) is 1. The number of benzene rings is 2. The summed E-state index contributed by atoms with van der Waals surface area (Å²) in [5.41, 5.74) is 2.86. The topological polar surface area (TPSA) is 98.5 Å². The van der Waals surface area contributed by atoms with Gasteiger partial charge < -0.3 is 9.84 Å². The van der Waals surface area contributed by atoms with Crippen molar-refractivity contribution in [3.63, 3.8) is 0 Å². The summed E-state index contributed by atoms with van der Waals surface area (Å²) < 4.78 is 34.3. The van der Waals surface area contributed by atoms with Gasteiger partial charge in [0.25, 0.3) is 10.0 Å². The van der Waals surface area contributed by atoms with Crippen LogP contribution in [0.4, 0.5) is 0 Å². The van der Waals surface area contributed by atoms with Gasteiger partial charge in [0.1, 0.15) is 10.8 Å². The third kappa shape index (κ3) is 5.39. The maximum absolute atomic E-state index is 13.6. The highest BCUT2D eigenvalue weighted by atomic mass is 35.5. The van der Waals surface area contributed by atoms with Crippen molar-refractivity contribution in [3.05, 3.63) is 101 Å². The predicted octanol–water partition coefficient (Wildman–Crippen LogP) is 6.25. The van der Waals surface area contributed by atoms with E-state index < -0.39 is 16.0 Å². The third-order valence-electron chi connectivity index (χ3n) is 5.77. The van der Waals surface area contributed by atoms with Crippen molar-refractivity contribution in [3.8, 4) is 16.3 Å². The van der Waals surface area contributed by atoms with Crippen molar-refractivity contribution < 1.29 is 23.1 Å². The number of thiophene rings is 1. The molecular formula is C27H21ClN2O5S2. The Bertz CT molecular complexity index is 1680. The molecule has 37 heavy (non-hydrogen) atoms. The molecule has 0 amide bonds. The molecule has 7 nitrogen and oxygen atoms in total. The van der Waals surface area contributed by atoms with Gasteiger partial charge >= 0.3 is 5.97 Å². The first-order valence-electron chi connectivity index (χ1n) is 11.3. The number of rotatable bonds is 9. The SMILES string of the molecule is O=C(O)CCc1cn(S(=O)(=O)c2ccc(-c3ccc(OCc4ccccc4)nc3)s2)c2ccc(Cl)cc12. The fourth-order valence-electron chi connectivity index (χ4n) is 3.93. The Kier molecular flexibility index (Phi) is 7.01. The highest BCUT2D eigenvalue weighted by Gasteiger charge is 2.24.